The monoisotopic (exact) mass is 435 g/mol. The highest BCUT2D eigenvalue weighted by Gasteiger charge is 2.30. The first-order valence-corrected chi connectivity index (χ1v) is 10.7. The van der Waals surface area contributed by atoms with Crippen molar-refractivity contribution in [3.63, 3.8) is 0 Å². The van der Waals surface area contributed by atoms with Crippen LogP contribution in [0.5, 0.6) is 0 Å². The fraction of sp³-hybridized carbons (Fsp3) is 0.571. The summed E-state index contributed by atoms with van der Waals surface area (Å²) in [5.41, 5.74) is 7.19. The van der Waals surface area contributed by atoms with Gasteiger partial charge in [0.25, 0.3) is 5.91 Å². The standard InChI is InChI=1S/C21H30ClN5O3/c1-12(2)7-16(20(23)28)24-8-17-19(25-18-6-5-15(22)11-27(17)18)21(29)26-9-13(3)30-14(4)10-26/h5-6,11-14,16,24H,7-10H2,1-4H3,(H2,23,28)/t13-,14+,16-/m0/s1. The Bertz CT molecular complexity index is 919. The summed E-state index contributed by atoms with van der Waals surface area (Å²) < 4.78 is 7.54. The highest BCUT2D eigenvalue weighted by molar-refractivity contribution is 6.30. The second-order valence-corrected chi connectivity index (χ2v) is 8.85. The molecule has 0 spiro atoms. The van der Waals surface area contributed by atoms with Crippen LogP contribution in [0.2, 0.25) is 5.02 Å². The first-order valence-electron chi connectivity index (χ1n) is 10.3. The van der Waals surface area contributed by atoms with E-state index in [1.54, 1.807) is 27.6 Å². The Balaban J connectivity index is 1.94. The Hall–Kier alpha value is -2.16. The lowest BCUT2D eigenvalue weighted by atomic mass is 10.0. The van der Waals surface area contributed by atoms with Gasteiger partial charge in [-0.1, -0.05) is 25.4 Å². The maximum atomic E-state index is 13.4. The minimum absolute atomic E-state index is 0.0453. The molecule has 0 aromatic carbocycles. The van der Waals surface area contributed by atoms with Crippen LogP contribution in [0.25, 0.3) is 5.65 Å². The van der Waals surface area contributed by atoms with E-state index in [1.807, 2.05) is 27.7 Å². The number of imidazole rings is 1. The number of rotatable bonds is 7. The van der Waals surface area contributed by atoms with Gasteiger partial charge in [-0.15, -0.1) is 0 Å². The predicted octanol–water partition coefficient (Wildman–Crippen LogP) is 2.23. The van der Waals surface area contributed by atoms with Crippen molar-refractivity contribution in [2.75, 3.05) is 13.1 Å². The number of hydrogen-bond donors (Lipinski definition) is 2. The molecule has 2 amide bonds. The van der Waals surface area contributed by atoms with Crippen molar-refractivity contribution in [1.29, 1.82) is 0 Å². The van der Waals surface area contributed by atoms with Gasteiger partial charge in [0.15, 0.2) is 5.69 Å². The zero-order valence-corrected chi connectivity index (χ0v) is 18.6. The topological polar surface area (TPSA) is 102 Å². The average molecular weight is 436 g/mol. The highest BCUT2D eigenvalue weighted by atomic mass is 35.5. The number of carbonyl (C=O) groups is 2. The van der Waals surface area contributed by atoms with Gasteiger partial charge in [-0.25, -0.2) is 4.98 Å². The predicted molar refractivity (Wildman–Crippen MR) is 115 cm³/mol. The maximum absolute atomic E-state index is 13.4. The summed E-state index contributed by atoms with van der Waals surface area (Å²) in [5.74, 6) is -0.281. The third kappa shape index (κ3) is 5.11. The molecule has 0 saturated carbocycles. The van der Waals surface area contributed by atoms with Gasteiger partial charge in [0.2, 0.25) is 5.91 Å². The van der Waals surface area contributed by atoms with Gasteiger partial charge in [0, 0.05) is 25.8 Å². The number of nitrogens with one attached hydrogen (secondary N) is 1. The molecule has 1 saturated heterocycles. The van der Waals surface area contributed by atoms with Crippen molar-refractivity contribution in [2.24, 2.45) is 11.7 Å². The van der Waals surface area contributed by atoms with Gasteiger partial charge in [-0.2, -0.15) is 0 Å². The molecule has 3 rings (SSSR count). The number of nitrogens with zero attached hydrogens (tertiary/aromatic N) is 3. The first kappa shape index (κ1) is 22.5. The molecule has 0 bridgehead atoms. The second kappa shape index (κ2) is 9.32. The van der Waals surface area contributed by atoms with Gasteiger partial charge in [-0.3, -0.25) is 9.59 Å². The van der Waals surface area contributed by atoms with Crippen LogP contribution in [0, 0.1) is 5.92 Å². The van der Waals surface area contributed by atoms with Crippen molar-refractivity contribution in [3.05, 3.63) is 34.7 Å². The molecule has 1 aliphatic rings. The van der Waals surface area contributed by atoms with E-state index in [0.29, 0.717) is 47.5 Å². The molecule has 3 atom stereocenters. The van der Waals surface area contributed by atoms with E-state index in [0.717, 1.165) is 0 Å². The van der Waals surface area contributed by atoms with Gasteiger partial charge in [0.1, 0.15) is 5.65 Å². The zero-order valence-electron chi connectivity index (χ0n) is 17.9. The molecule has 3 N–H and O–H groups in total. The minimum Gasteiger partial charge on any atom is -0.372 e. The summed E-state index contributed by atoms with van der Waals surface area (Å²) >= 11 is 6.19. The number of pyridine rings is 1. The zero-order chi connectivity index (χ0) is 22.0. The Morgan fingerprint density at radius 3 is 2.57 bits per heavy atom. The lowest BCUT2D eigenvalue weighted by Gasteiger charge is -2.35. The number of ether oxygens (including phenoxy) is 1. The maximum Gasteiger partial charge on any atom is 0.274 e. The first-order chi connectivity index (χ1) is 14.2. The summed E-state index contributed by atoms with van der Waals surface area (Å²) in [6.07, 6.45) is 2.24. The van der Waals surface area contributed by atoms with Gasteiger partial charge < -0.3 is 25.1 Å². The summed E-state index contributed by atoms with van der Waals surface area (Å²) in [6, 6.07) is 3.01. The molecule has 1 aliphatic heterocycles. The van der Waals surface area contributed by atoms with E-state index in [2.05, 4.69) is 10.3 Å². The fourth-order valence-electron chi connectivity index (χ4n) is 3.89. The number of halogens is 1. The number of carbonyl (C=O) groups excluding carboxylic acids is 2. The van der Waals surface area contributed by atoms with Crippen molar-refractivity contribution in [2.45, 2.75) is 58.9 Å². The van der Waals surface area contributed by atoms with E-state index in [9.17, 15) is 9.59 Å². The molecule has 0 aliphatic carbocycles. The van der Waals surface area contributed by atoms with E-state index >= 15 is 0 Å². The normalized spacial score (nSPS) is 20.7. The smallest absolute Gasteiger partial charge is 0.274 e. The number of primary amides is 1. The third-order valence-corrected chi connectivity index (χ3v) is 5.38. The van der Waals surface area contributed by atoms with E-state index < -0.39 is 11.9 Å². The Kier molecular flexibility index (Phi) is 7.00. The molecule has 1 fully saturated rings. The molecule has 8 nitrogen and oxygen atoms in total. The summed E-state index contributed by atoms with van der Waals surface area (Å²) in [6.45, 7) is 9.22. The van der Waals surface area contributed by atoms with Crippen LogP contribution in [0.1, 0.15) is 50.3 Å². The van der Waals surface area contributed by atoms with Crippen LogP contribution in [-0.4, -0.2) is 57.4 Å². The summed E-state index contributed by atoms with van der Waals surface area (Å²) in [5, 5.41) is 3.74. The van der Waals surface area contributed by atoms with E-state index in [-0.39, 0.29) is 24.7 Å². The molecule has 2 aromatic rings. The average Bonchev–Trinajstić information content (AvgIpc) is 3.00. The van der Waals surface area contributed by atoms with Gasteiger partial charge in [-0.05, 0) is 38.3 Å². The molecule has 30 heavy (non-hydrogen) atoms. The Morgan fingerprint density at radius 1 is 1.30 bits per heavy atom. The number of amides is 2. The number of fused-ring (bicyclic) bond motifs is 1. The van der Waals surface area contributed by atoms with Crippen LogP contribution < -0.4 is 11.1 Å². The van der Waals surface area contributed by atoms with Crippen LogP contribution in [-0.2, 0) is 16.1 Å². The van der Waals surface area contributed by atoms with Gasteiger partial charge in [0.05, 0.1) is 29.0 Å². The summed E-state index contributed by atoms with van der Waals surface area (Å²) in [7, 11) is 0. The van der Waals surface area contributed by atoms with Crippen LogP contribution in [0.15, 0.2) is 18.3 Å². The second-order valence-electron chi connectivity index (χ2n) is 8.42. The molecule has 0 unspecified atom stereocenters. The lowest BCUT2D eigenvalue weighted by Crippen LogP contribution is -2.48. The Morgan fingerprint density at radius 2 is 1.97 bits per heavy atom. The molecule has 2 aromatic heterocycles. The molecule has 3 heterocycles. The van der Waals surface area contributed by atoms with Crippen LogP contribution in [0.4, 0.5) is 0 Å². The number of aromatic nitrogens is 2. The largest absolute Gasteiger partial charge is 0.372 e. The summed E-state index contributed by atoms with van der Waals surface area (Å²) in [4.78, 5) is 31.6. The van der Waals surface area contributed by atoms with Crippen LogP contribution in [0.3, 0.4) is 0 Å². The van der Waals surface area contributed by atoms with Crippen molar-refractivity contribution >= 4 is 29.1 Å². The highest BCUT2D eigenvalue weighted by Crippen LogP contribution is 2.21. The van der Waals surface area contributed by atoms with Crippen molar-refractivity contribution in [1.82, 2.24) is 19.6 Å². The van der Waals surface area contributed by atoms with E-state index in [4.69, 9.17) is 22.1 Å². The molecular weight excluding hydrogens is 406 g/mol. The van der Waals surface area contributed by atoms with E-state index in [1.165, 1.54) is 0 Å². The Labute approximate surface area is 181 Å². The molecule has 164 valence electrons. The minimum atomic E-state index is -0.499. The number of hydrogen-bond acceptors (Lipinski definition) is 5. The molecule has 9 heteroatoms. The van der Waals surface area contributed by atoms with Crippen LogP contribution >= 0.6 is 11.6 Å². The SMILES string of the molecule is CC(C)C[C@H](NCc1c(C(=O)N2C[C@@H](C)O[C@@H](C)C2)nc2ccc(Cl)cn12)C(N)=O. The van der Waals surface area contributed by atoms with Gasteiger partial charge >= 0.3 is 0 Å². The number of morpholine rings is 1. The van der Waals surface area contributed by atoms with Crippen molar-refractivity contribution in [3.8, 4) is 0 Å². The number of nitrogens with two attached hydrogens (primary N) is 1. The molecular formula is C21H30ClN5O3. The van der Waals surface area contributed by atoms with Crippen molar-refractivity contribution < 1.29 is 14.3 Å². The fourth-order valence-corrected chi connectivity index (χ4v) is 4.05. The lowest BCUT2D eigenvalue weighted by molar-refractivity contribution is -0.120. The molecule has 0 radical (unpaired) electrons. The third-order valence-electron chi connectivity index (χ3n) is 5.16. The quantitative estimate of drug-likeness (QED) is 0.694.